The van der Waals surface area contributed by atoms with Crippen LogP contribution in [0.15, 0.2) is 22.7 Å². The van der Waals surface area contributed by atoms with Gasteiger partial charge in [0.05, 0.1) is 10.6 Å². The number of hydrogen-bond donors (Lipinski definition) is 1. The Morgan fingerprint density at radius 1 is 1.43 bits per heavy atom. The second-order valence-electron chi connectivity index (χ2n) is 5.75. The van der Waals surface area contributed by atoms with Gasteiger partial charge in [0.1, 0.15) is 5.82 Å². The normalized spacial score (nSPS) is 20.4. The highest BCUT2D eigenvalue weighted by molar-refractivity contribution is 9.10. The van der Waals surface area contributed by atoms with E-state index in [9.17, 15) is 4.39 Å². The Kier molecular flexibility index (Phi) is 7.14. The quantitative estimate of drug-likeness (QED) is 0.742. The summed E-state index contributed by atoms with van der Waals surface area (Å²) in [5, 5.41) is 3.57. The summed E-state index contributed by atoms with van der Waals surface area (Å²) < 4.78 is 19.8. The van der Waals surface area contributed by atoms with E-state index in [1.807, 2.05) is 12.1 Å². The molecule has 1 fully saturated rings. The highest BCUT2D eigenvalue weighted by atomic mass is 79.9. The lowest BCUT2D eigenvalue weighted by Gasteiger charge is -2.26. The molecule has 1 aliphatic rings. The topological polar surface area (TPSA) is 21.3 Å². The van der Waals surface area contributed by atoms with E-state index in [0.717, 1.165) is 38.0 Å². The Labute approximate surface area is 135 Å². The van der Waals surface area contributed by atoms with Gasteiger partial charge in [-0.05, 0) is 78.7 Å². The monoisotopic (exact) mass is 357 g/mol. The van der Waals surface area contributed by atoms with Crippen LogP contribution >= 0.6 is 15.9 Å². The van der Waals surface area contributed by atoms with Crippen molar-refractivity contribution in [1.82, 2.24) is 5.32 Å². The molecule has 118 valence electrons. The molecule has 1 saturated heterocycles. The highest BCUT2D eigenvalue weighted by Gasteiger charge is 2.18. The van der Waals surface area contributed by atoms with Gasteiger partial charge in [0.2, 0.25) is 0 Å². The van der Waals surface area contributed by atoms with Gasteiger partial charge in [-0.2, -0.15) is 0 Å². The van der Waals surface area contributed by atoms with E-state index in [2.05, 4.69) is 28.2 Å². The van der Waals surface area contributed by atoms with Crippen molar-refractivity contribution in [3.05, 3.63) is 34.1 Å². The fourth-order valence-corrected chi connectivity index (χ4v) is 3.22. The van der Waals surface area contributed by atoms with Crippen LogP contribution in [0.1, 0.15) is 57.1 Å². The molecule has 0 aliphatic carbocycles. The standard InChI is InChI=1S/C17H25BrFNO/c1-2-10-20-17(9-7-14-5-3-4-11-21-14)13-6-8-16(19)15(18)12-13/h6,8,12,14,17,20H,2-5,7,9-11H2,1H3. The lowest BCUT2D eigenvalue weighted by molar-refractivity contribution is 0.00854. The Bertz CT molecular complexity index is 435. The largest absolute Gasteiger partial charge is 0.378 e. The molecule has 0 radical (unpaired) electrons. The first-order valence-electron chi connectivity index (χ1n) is 8.00. The van der Waals surface area contributed by atoms with Crippen molar-refractivity contribution in [2.24, 2.45) is 0 Å². The molecule has 1 N–H and O–H groups in total. The van der Waals surface area contributed by atoms with Crippen LogP contribution < -0.4 is 5.32 Å². The lowest BCUT2D eigenvalue weighted by Crippen LogP contribution is -2.25. The van der Waals surface area contributed by atoms with Crippen LogP contribution in [-0.2, 0) is 4.74 Å². The zero-order valence-corrected chi connectivity index (χ0v) is 14.3. The molecule has 4 heteroatoms. The summed E-state index contributed by atoms with van der Waals surface area (Å²) in [5.74, 6) is -0.205. The molecule has 0 aromatic heterocycles. The van der Waals surface area contributed by atoms with Crippen molar-refractivity contribution in [1.29, 1.82) is 0 Å². The van der Waals surface area contributed by atoms with E-state index >= 15 is 0 Å². The maximum Gasteiger partial charge on any atom is 0.137 e. The van der Waals surface area contributed by atoms with E-state index in [1.54, 1.807) is 0 Å². The number of ether oxygens (including phenoxy) is 1. The minimum atomic E-state index is -0.205. The third kappa shape index (κ3) is 5.35. The minimum absolute atomic E-state index is 0.205. The maximum atomic E-state index is 13.4. The molecule has 2 rings (SSSR count). The van der Waals surface area contributed by atoms with Crippen LogP contribution in [0.5, 0.6) is 0 Å². The summed E-state index contributed by atoms with van der Waals surface area (Å²) >= 11 is 3.28. The van der Waals surface area contributed by atoms with Crippen molar-refractivity contribution in [2.45, 2.75) is 57.6 Å². The summed E-state index contributed by atoms with van der Waals surface area (Å²) in [6.07, 6.45) is 7.23. The van der Waals surface area contributed by atoms with Gasteiger partial charge in [-0.3, -0.25) is 0 Å². The number of rotatable bonds is 7. The van der Waals surface area contributed by atoms with Gasteiger partial charge < -0.3 is 10.1 Å². The molecule has 0 spiro atoms. The van der Waals surface area contributed by atoms with Crippen LogP contribution in [0.4, 0.5) is 4.39 Å². The number of halogens is 2. The van der Waals surface area contributed by atoms with Crippen molar-refractivity contribution < 1.29 is 9.13 Å². The molecule has 1 heterocycles. The minimum Gasteiger partial charge on any atom is -0.378 e. The molecule has 0 amide bonds. The molecular weight excluding hydrogens is 333 g/mol. The Morgan fingerprint density at radius 3 is 2.95 bits per heavy atom. The molecule has 21 heavy (non-hydrogen) atoms. The lowest BCUT2D eigenvalue weighted by atomic mass is 9.97. The first-order valence-corrected chi connectivity index (χ1v) is 8.80. The van der Waals surface area contributed by atoms with E-state index in [1.165, 1.54) is 25.3 Å². The molecule has 2 unspecified atom stereocenters. The average molecular weight is 358 g/mol. The third-order valence-corrected chi connectivity index (χ3v) is 4.65. The van der Waals surface area contributed by atoms with Crippen LogP contribution in [-0.4, -0.2) is 19.3 Å². The number of benzene rings is 1. The van der Waals surface area contributed by atoms with Gasteiger partial charge in [0, 0.05) is 12.6 Å². The van der Waals surface area contributed by atoms with Crippen molar-refractivity contribution in [3.8, 4) is 0 Å². The average Bonchev–Trinajstić information content (AvgIpc) is 2.51. The molecule has 2 nitrogen and oxygen atoms in total. The predicted octanol–water partition coefficient (Wildman–Crippen LogP) is 4.98. The SMILES string of the molecule is CCCNC(CCC1CCCCO1)c1ccc(F)c(Br)c1. The summed E-state index contributed by atoms with van der Waals surface area (Å²) in [4.78, 5) is 0. The fourth-order valence-electron chi connectivity index (χ4n) is 2.82. The van der Waals surface area contributed by atoms with Crippen LogP contribution in [0.25, 0.3) is 0 Å². The first kappa shape index (κ1) is 16.9. The summed E-state index contributed by atoms with van der Waals surface area (Å²) in [7, 11) is 0. The molecule has 1 aliphatic heterocycles. The second kappa shape index (κ2) is 8.86. The molecule has 2 atom stereocenters. The smallest absolute Gasteiger partial charge is 0.137 e. The first-order chi connectivity index (χ1) is 10.2. The van der Waals surface area contributed by atoms with E-state index in [-0.39, 0.29) is 11.9 Å². The summed E-state index contributed by atoms with van der Waals surface area (Å²) in [5.41, 5.74) is 1.15. The highest BCUT2D eigenvalue weighted by Crippen LogP contribution is 2.27. The van der Waals surface area contributed by atoms with Gasteiger partial charge in [-0.1, -0.05) is 13.0 Å². The second-order valence-corrected chi connectivity index (χ2v) is 6.60. The number of nitrogens with one attached hydrogen (secondary N) is 1. The maximum absolute atomic E-state index is 13.4. The Hall–Kier alpha value is -0.450. The van der Waals surface area contributed by atoms with Gasteiger partial charge in [-0.25, -0.2) is 4.39 Å². The van der Waals surface area contributed by atoms with Crippen molar-refractivity contribution in [3.63, 3.8) is 0 Å². The van der Waals surface area contributed by atoms with Gasteiger partial charge in [-0.15, -0.1) is 0 Å². The van der Waals surface area contributed by atoms with Crippen molar-refractivity contribution >= 4 is 15.9 Å². The van der Waals surface area contributed by atoms with E-state index in [0.29, 0.717) is 10.6 Å². The van der Waals surface area contributed by atoms with Crippen molar-refractivity contribution in [2.75, 3.05) is 13.2 Å². The van der Waals surface area contributed by atoms with E-state index < -0.39 is 0 Å². The molecule has 0 bridgehead atoms. The number of hydrogen-bond acceptors (Lipinski definition) is 2. The predicted molar refractivity (Wildman–Crippen MR) is 88.0 cm³/mol. The zero-order valence-electron chi connectivity index (χ0n) is 12.7. The zero-order chi connectivity index (χ0) is 15.1. The van der Waals surface area contributed by atoms with Crippen LogP contribution in [0.3, 0.4) is 0 Å². The van der Waals surface area contributed by atoms with Crippen LogP contribution in [0.2, 0.25) is 0 Å². The fraction of sp³-hybridized carbons (Fsp3) is 0.647. The molecule has 0 saturated carbocycles. The molecule has 1 aromatic carbocycles. The van der Waals surface area contributed by atoms with Gasteiger partial charge >= 0.3 is 0 Å². The molecular formula is C17H25BrFNO. The van der Waals surface area contributed by atoms with Gasteiger partial charge in [0.15, 0.2) is 0 Å². The third-order valence-electron chi connectivity index (χ3n) is 4.04. The Morgan fingerprint density at radius 2 is 2.29 bits per heavy atom. The Balaban J connectivity index is 1.97. The van der Waals surface area contributed by atoms with Crippen LogP contribution in [0, 0.1) is 5.82 Å². The van der Waals surface area contributed by atoms with E-state index in [4.69, 9.17) is 4.74 Å². The van der Waals surface area contributed by atoms with Gasteiger partial charge in [0.25, 0.3) is 0 Å². The summed E-state index contributed by atoms with van der Waals surface area (Å²) in [6.45, 7) is 4.04. The summed E-state index contributed by atoms with van der Waals surface area (Å²) in [6, 6.07) is 5.59. The molecule has 1 aromatic rings.